The van der Waals surface area contributed by atoms with Crippen LogP contribution in [-0.4, -0.2) is 26.2 Å². The van der Waals surface area contributed by atoms with E-state index in [1.807, 2.05) is 6.92 Å². The fraction of sp³-hybridized carbons (Fsp3) is 0.875. The first-order chi connectivity index (χ1) is 5.17. The summed E-state index contributed by atoms with van der Waals surface area (Å²) < 4.78 is 4.62. The zero-order chi connectivity index (χ0) is 8.85. The topological polar surface area (TPSA) is 38.3 Å². The third-order valence-electron chi connectivity index (χ3n) is 1.98. The van der Waals surface area contributed by atoms with Crippen molar-refractivity contribution in [2.75, 3.05) is 14.2 Å². The van der Waals surface area contributed by atoms with Gasteiger partial charge in [-0.15, -0.1) is 12.4 Å². The minimum atomic E-state index is -0.179. The monoisotopic (exact) mass is 195 g/mol. The Morgan fingerprint density at radius 2 is 2.08 bits per heavy atom. The molecule has 0 aliphatic rings. The van der Waals surface area contributed by atoms with Crippen molar-refractivity contribution in [3.63, 3.8) is 0 Å². The molecule has 0 rings (SSSR count). The first-order valence-electron chi connectivity index (χ1n) is 3.92. The van der Waals surface area contributed by atoms with E-state index < -0.39 is 0 Å². The summed E-state index contributed by atoms with van der Waals surface area (Å²) in [6.07, 6.45) is 0.973. The lowest BCUT2D eigenvalue weighted by molar-refractivity contribution is -0.144. The summed E-state index contributed by atoms with van der Waals surface area (Å²) in [6, 6.07) is -0.162. The molecule has 0 aromatic carbocycles. The highest BCUT2D eigenvalue weighted by molar-refractivity contribution is 5.85. The van der Waals surface area contributed by atoms with Crippen LogP contribution in [0, 0.1) is 5.92 Å². The largest absolute Gasteiger partial charge is 0.468 e. The van der Waals surface area contributed by atoms with Crippen LogP contribution in [0.25, 0.3) is 0 Å². The van der Waals surface area contributed by atoms with Crippen LogP contribution in [0.3, 0.4) is 0 Å². The maximum atomic E-state index is 11.1. The molecule has 0 aromatic rings. The van der Waals surface area contributed by atoms with Crippen LogP contribution < -0.4 is 5.32 Å². The molecule has 1 N–H and O–H groups in total. The van der Waals surface area contributed by atoms with E-state index in [1.165, 1.54) is 7.11 Å². The van der Waals surface area contributed by atoms with Gasteiger partial charge in [-0.05, 0) is 13.0 Å². The molecule has 0 aliphatic heterocycles. The molecule has 4 heteroatoms. The number of hydrogen-bond acceptors (Lipinski definition) is 3. The average molecular weight is 196 g/mol. The summed E-state index contributed by atoms with van der Waals surface area (Å²) in [5.74, 6) is 0.148. The molecule has 74 valence electrons. The lowest BCUT2D eigenvalue weighted by Crippen LogP contribution is -2.40. The number of rotatable bonds is 4. The van der Waals surface area contributed by atoms with Gasteiger partial charge < -0.3 is 10.1 Å². The summed E-state index contributed by atoms with van der Waals surface area (Å²) in [4.78, 5) is 11.1. The van der Waals surface area contributed by atoms with Gasteiger partial charge in [0, 0.05) is 0 Å². The van der Waals surface area contributed by atoms with E-state index in [0.717, 1.165) is 6.42 Å². The van der Waals surface area contributed by atoms with Crippen LogP contribution in [-0.2, 0) is 9.53 Å². The molecule has 2 atom stereocenters. The highest BCUT2D eigenvalue weighted by Gasteiger charge is 2.22. The van der Waals surface area contributed by atoms with Gasteiger partial charge in [0.25, 0.3) is 0 Å². The third kappa shape index (κ3) is 3.93. The third-order valence-corrected chi connectivity index (χ3v) is 1.98. The maximum Gasteiger partial charge on any atom is 0.323 e. The van der Waals surface area contributed by atoms with Crippen molar-refractivity contribution in [2.24, 2.45) is 5.92 Å². The van der Waals surface area contributed by atoms with Crippen LogP contribution in [0.15, 0.2) is 0 Å². The van der Waals surface area contributed by atoms with Crippen LogP contribution in [0.4, 0.5) is 0 Å². The summed E-state index contributed by atoms with van der Waals surface area (Å²) in [5.41, 5.74) is 0. The first-order valence-corrected chi connectivity index (χ1v) is 3.92. The summed E-state index contributed by atoms with van der Waals surface area (Å²) in [7, 11) is 3.18. The Balaban J connectivity index is 0. The standard InChI is InChI=1S/C8H17NO2.ClH/c1-5-6(2)7(9-3)8(10)11-4;/h6-7,9H,5H2,1-4H3;1H. The predicted molar refractivity (Wildman–Crippen MR) is 51.6 cm³/mol. The average Bonchev–Trinajstić information content (AvgIpc) is 2.05. The van der Waals surface area contributed by atoms with Gasteiger partial charge in [0.1, 0.15) is 6.04 Å². The van der Waals surface area contributed by atoms with E-state index in [-0.39, 0.29) is 24.4 Å². The highest BCUT2D eigenvalue weighted by Crippen LogP contribution is 2.07. The van der Waals surface area contributed by atoms with Crippen molar-refractivity contribution < 1.29 is 9.53 Å². The van der Waals surface area contributed by atoms with Gasteiger partial charge in [0.05, 0.1) is 7.11 Å². The summed E-state index contributed by atoms with van der Waals surface area (Å²) in [5, 5.41) is 2.93. The minimum Gasteiger partial charge on any atom is -0.468 e. The van der Waals surface area contributed by atoms with Gasteiger partial charge in [-0.2, -0.15) is 0 Å². The zero-order valence-electron chi connectivity index (χ0n) is 8.09. The molecule has 0 radical (unpaired) electrons. The molecule has 0 heterocycles. The van der Waals surface area contributed by atoms with Crippen LogP contribution >= 0.6 is 12.4 Å². The number of likely N-dealkylation sites (N-methyl/N-ethyl adjacent to an activating group) is 1. The molecule has 0 saturated heterocycles. The quantitative estimate of drug-likeness (QED) is 0.686. The number of hydrogen-bond donors (Lipinski definition) is 1. The number of methoxy groups -OCH3 is 1. The van der Waals surface area contributed by atoms with Crippen LogP contribution in [0.1, 0.15) is 20.3 Å². The molecule has 0 aromatic heterocycles. The number of nitrogens with one attached hydrogen (secondary N) is 1. The lowest BCUT2D eigenvalue weighted by Gasteiger charge is -2.19. The van der Waals surface area contributed by atoms with Crippen molar-refractivity contribution >= 4 is 18.4 Å². The number of ether oxygens (including phenoxy) is 1. The molecular weight excluding hydrogens is 178 g/mol. The van der Waals surface area contributed by atoms with Gasteiger partial charge in [-0.25, -0.2) is 0 Å². The second kappa shape index (κ2) is 7.37. The minimum absolute atomic E-state index is 0. The molecule has 0 spiro atoms. The molecule has 0 bridgehead atoms. The van der Waals surface area contributed by atoms with Crippen molar-refractivity contribution in [3.8, 4) is 0 Å². The Bertz CT molecular complexity index is 130. The number of carbonyl (C=O) groups excluding carboxylic acids is 1. The molecule has 0 fully saturated rings. The predicted octanol–water partition coefficient (Wildman–Crippen LogP) is 1.22. The molecule has 0 aliphatic carbocycles. The molecule has 0 amide bonds. The summed E-state index contributed by atoms with van der Waals surface area (Å²) >= 11 is 0. The van der Waals surface area contributed by atoms with Gasteiger partial charge in [-0.1, -0.05) is 20.3 Å². The van der Waals surface area contributed by atoms with Crippen molar-refractivity contribution in [3.05, 3.63) is 0 Å². The molecule has 12 heavy (non-hydrogen) atoms. The Morgan fingerprint density at radius 3 is 2.33 bits per heavy atom. The van der Waals surface area contributed by atoms with E-state index in [9.17, 15) is 4.79 Å². The van der Waals surface area contributed by atoms with Gasteiger partial charge in [-0.3, -0.25) is 4.79 Å². The van der Waals surface area contributed by atoms with Crippen molar-refractivity contribution in [1.82, 2.24) is 5.32 Å². The fourth-order valence-electron chi connectivity index (χ4n) is 0.997. The Kier molecular flexibility index (Phi) is 8.76. The molecule has 0 saturated carbocycles. The molecular formula is C8H18ClNO2. The van der Waals surface area contributed by atoms with Gasteiger partial charge in [0.2, 0.25) is 0 Å². The summed E-state index contributed by atoms with van der Waals surface area (Å²) in [6.45, 7) is 4.08. The number of halogens is 1. The first kappa shape index (κ1) is 14.3. The van der Waals surface area contributed by atoms with E-state index in [1.54, 1.807) is 7.05 Å². The van der Waals surface area contributed by atoms with Crippen molar-refractivity contribution in [2.45, 2.75) is 26.3 Å². The van der Waals surface area contributed by atoms with Crippen LogP contribution in [0.2, 0.25) is 0 Å². The highest BCUT2D eigenvalue weighted by atomic mass is 35.5. The van der Waals surface area contributed by atoms with Gasteiger partial charge in [0.15, 0.2) is 0 Å². The Labute approximate surface area is 80.3 Å². The lowest BCUT2D eigenvalue weighted by atomic mass is 10.00. The molecule has 2 unspecified atom stereocenters. The second-order valence-electron chi connectivity index (χ2n) is 2.68. The Morgan fingerprint density at radius 1 is 1.58 bits per heavy atom. The fourth-order valence-corrected chi connectivity index (χ4v) is 0.997. The van der Waals surface area contributed by atoms with Crippen molar-refractivity contribution in [1.29, 1.82) is 0 Å². The van der Waals surface area contributed by atoms with E-state index in [2.05, 4.69) is 17.0 Å². The second-order valence-corrected chi connectivity index (χ2v) is 2.68. The Hall–Kier alpha value is -0.280. The smallest absolute Gasteiger partial charge is 0.323 e. The molecule has 3 nitrogen and oxygen atoms in total. The van der Waals surface area contributed by atoms with Gasteiger partial charge >= 0.3 is 5.97 Å². The maximum absolute atomic E-state index is 11.1. The normalized spacial score (nSPS) is 14.3. The number of esters is 1. The van der Waals surface area contributed by atoms with E-state index in [4.69, 9.17) is 0 Å². The van der Waals surface area contributed by atoms with Crippen LogP contribution in [0.5, 0.6) is 0 Å². The zero-order valence-corrected chi connectivity index (χ0v) is 8.90. The van der Waals surface area contributed by atoms with E-state index >= 15 is 0 Å². The SMILES string of the molecule is CCC(C)C(NC)C(=O)OC.Cl. The number of carbonyl (C=O) groups is 1. The van der Waals surface area contributed by atoms with E-state index in [0.29, 0.717) is 5.92 Å².